The molecule has 0 saturated carbocycles. The predicted octanol–water partition coefficient (Wildman–Crippen LogP) is 1.82. The molecule has 1 N–H and O–H groups in total. The number of rotatable bonds is 4. The Morgan fingerprint density at radius 2 is 1.88 bits per heavy atom. The molecule has 0 saturated heterocycles. The molecular weight excluding hydrogens is 218 g/mol. The molecule has 0 radical (unpaired) electrons. The van der Waals surface area contributed by atoms with Gasteiger partial charge in [-0.25, -0.2) is 0 Å². The van der Waals surface area contributed by atoms with E-state index in [-0.39, 0.29) is 12.3 Å². The summed E-state index contributed by atoms with van der Waals surface area (Å²) in [6.45, 7) is 3.24. The lowest BCUT2D eigenvalue weighted by Crippen LogP contribution is -2.33. The number of aliphatic hydroxyl groups is 1. The fourth-order valence-electron chi connectivity index (χ4n) is 1.44. The topological polar surface area (TPSA) is 49.8 Å². The van der Waals surface area contributed by atoms with Crippen LogP contribution in [0.4, 0.5) is 5.69 Å². The van der Waals surface area contributed by atoms with E-state index in [0.717, 1.165) is 11.4 Å². The molecule has 0 unspecified atom stereocenters. The van der Waals surface area contributed by atoms with Crippen molar-refractivity contribution < 1.29 is 14.6 Å². The van der Waals surface area contributed by atoms with E-state index in [1.54, 1.807) is 52.3 Å². The van der Waals surface area contributed by atoms with Gasteiger partial charge in [0.05, 0.1) is 19.1 Å². The molecule has 0 aliphatic heterocycles. The Labute approximate surface area is 102 Å². The van der Waals surface area contributed by atoms with Gasteiger partial charge in [0.15, 0.2) is 0 Å². The average Bonchev–Trinajstić information content (AvgIpc) is 2.26. The van der Waals surface area contributed by atoms with Gasteiger partial charge in [-0.3, -0.25) is 4.79 Å². The summed E-state index contributed by atoms with van der Waals surface area (Å²) in [6, 6.07) is 7.20. The summed E-state index contributed by atoms with van der Waals surface area (Å²) in [5.74, 6) is 0.625. The van der Waals surface area contributed by atoms with Crippen molar-refractivity contribution in [2.24, 2.45) is 0 Å². The lowest BCUT2D eigenvalue weighted by molar-refractivity contribution is -0.122. The molecular formula is C13H19NO3. The zero-order valence-electron chi connectivity index (χ0n) is 10.7. The summed E-state index contributed by atoms with van der Waals surface area (Å²) in [6.07, 6.45) is 0.0928. The fourth-order valence-corrected chi connectivity index (χ4v) is 1.44. The van der Waals surface area contributed by atoms with Gasteiger partial charge < -0.3 is 14.7 Å². The first kappa shape index (κ1) is 13.5. The van der Waals surface area contributed by atoms with Crippen LogP contribution in [0.5, 0.6) is 5.75 Å². The van der Waals surface area contributed by atoms with Crippen LogP contribution in [0.2, 0.25) is 0 Å². The molecule has 0 aliphatic carbocycles. The van der Waals surface area contributed by atoms with Crippen LogP contribution >= 0.6 is 0 Å². The minimum absolute atomic E-state index is 0.0928. The Bertz CT molecular complexity index is 379. The normalized spacial score (nSPS) is 11.1. The van der Waals surface area contributed by atoms with Crippen LogP contribution in [0, 0.1) is 0 Å². The fraction of sp³-hybridized carbons (Fsp3) is 0.462. The first-order valence-corrected chi connectivity index (χ1v) is 5.46. The summed E-state index contributed by atoms with van der Waals surface area (Å²) in [5.41, 5.74) is -0.210. The van der Waals surface area contributed by atoms with E-state index in [1.807, 2.05) is 0 Å². The van der Waals surface area contributed by atoms with Crippen molar-refractivity contribution in [1.29, 1.82) is 0 Å². The highest BCUT2D eigenvalue weighted by Gasteiger charge is 2.21. The Balaban J connectivity index is 2.74. The second-order valence-corrected chi connectivity index (χ2v) is 4.64. The van der Waals surface area contributed by atoms with Crippen LogP contribution in [-0.4, -0.2) is 30.8 Å². The maximum Gasteiger partial charge on any atom is 0.229 e. The number of hydrogen-bond acceptors (Lipinski definition) is 3. The molecule has 0 aromatic heterocycles. The van der Waals surface area contributed by atoms with E-state index in [2.05, 4.69) is 0 Å². The zero-order valence-corrected chi connectivity index (χ0v) is 10.7. The van der Waals surface area contributed by atoms with Gasteiger partial charge in [-0.15, -0.1) is 0 Å². The van der Waals surface area contributed by atoms with Gasteiger partial charge in [-0.05, 0) is 38.1 Å². The third-order valence-corrected chi connectivity index (χ3v) is 2.42. The Hall–Kier alpha value is -1.55. The van der Waals surface area contributed by atoms with E-state index >= 15 is 0 Å². The van der Waals surface area contributed by atoms with Gasteiger partial charge in [0.2, 0.25) is 5.91 Å². The van der Waals surface area contributed by atoms with Crippen molar-refractivity contribution in [3.63, 3.8) is 0 Å². The highest BCUT2D eigenvalue weighted by Crippen LogP contribution is 2.20. The first-order valence-electron chi connectivity index (χ1n) is 5.46. The molecule has 4 nitrogen and oxygen atoms in total. The number of hydrogen-bond donors (Lipinski definition) is 1. The average molecular weight is 237 g/mol. The SMILES string of the molecule is COc1ccc(N(C)C(=O)CC(C)(C)O)cc1. The number of methoxy groups -OCH3 is 1. The van der Waals surface area contributed by atoms with Crippen molar-refractivity contribution in [2.75, 3.05) is 19.1 Å². The molecule has 0 spiro atoms. The summed E-state index contributed by atoms with van der Waals surface area (Å²) in [5, 5.41) is 9.60. The molecule has 94 valence electrons. The van der Waals surface area contributed by atoms with Crippen molar-refractivity contribution in [1.82, 2.24) is 0 Å². The van der Waals surface area contributed by atoms with Gasteiger partial charge in [0.1, 0.15) is 5.75 Å². The minimum Gasteiger partial charge on any atom is -0.497 e. The van der Waals surface area contributed by atoms with Gasteiger partial charge >= 0.3 is 0 Å². The smallest absolute Gasteiger partial charge is 0.229 e. The number of ether oxygens (including phenoxy) is 1. The van der Waals surface area contributed by atoms with Gasteiger partial charge in [-0.2, -0.15) is 0 Å². The second kappa shape index (κ2) is 5.19. The maximum absolute atomic E-state index is 11.8. The number of benzene rings is 1. The molecule has 0 bridgehead atoms. The van der Waals surface area contributed by atoms with Crippen LogP contribution in [-0.2, 0) is 4.79 Å². The Morgan fingerprint density at radius 1 is 1.35 bits per heavy atom. The second-order valence-electron chi connectivity index (χ2n) is 4.64. The number of carbonyl (C=O) groups excluding carboxylic acids is 1. The molecule has 0 aliphatic rings. The molecule has 0 fully saturated rings. The maximum atomic E-state index is 11.8. The molecule has 1 aromatic rings. The summed E-state index contributed by atoms with van der Waals surface area (Å²) < 4.78 is 5.05. The predicted molar refractivity (Wildman–Crippen MR) is 67.3 cm³/mol. The van der Waals surface area contributed by atoms with Crippen molar-refractivity contribution in [3.8, 4) is 5.75 Å². The van der Waals surface area contributed by atoms with E-state index < -0.39 is 5.60 Å². The number of carbonyl (C=O) groups is 1. The Morgan fingerprint density at radius 3 is 2.29 bits per heavy atom. The van der Waals surface area contributed by atoms with Crippen LogP contribution in [0.3, 0.4) is 0 Å². The quantitative estimate of drug-likeness (QED) is 0.869. The van der Waals surface area contributed by atoms with Crippen LogP contribution < -0.4 is 9.64 Å². The molecule has 0 heterocycles. The monoisotopic (exact) mass is 237 g/mol. The van der Waals surface area contributed by atoms with Crippen molar-refractivity contribution >= 4 is 11.6 Å². The van der Waals surface area contributed by atoms with E-state index in [1.165, 1.54) is 4.90 Å². The number of amides is 1. The molecule has 17 heavy (non-hydrogen) atoms. The highest BCUT2D eigenvalue weighted by atomic mass is 16.5. The zero-order chi connectivity index (χ0) is 13.1. The minimum atomic E-state index is -0.988. The van der Waals surface area contributed by atoms with Gasteiger partial charge in [0.25, 0.3) is 0 Å². The first-order chi connectivity index (χ1) is 7.83. The molecule has 1 aromatic carbocycles. The van der Waals surface area contributed by atoms with Crippen LogP contribution in [0.25, 0.3) is 0 Å². The molecule has 1 rings (SSSR count). The third-order valence-electron chi connectivity index (χ3n) is 2.42. The largest absolute Gasteiger partial charge is 0.497 e. The third kappa shape index (κ3) is 4.07. The van der Waals surface area contributed by atoms with E-state index in [0.29, 0.717) is 0 Å². The summed E-state index contributed by atoms with van der Waals surface area (Å²) >= 11 is 0. The Kier molecular flexibility index (Phi) is 4.12. The highest BCUT2D eigenvalue weighted by molar-refractivity contribution is 5.93. The van der Waals surface area contributed by atoms with Crippen molar-refractivity contribution in [2.45, 2.75) is 25.9 Å². The van der Waals surface area contributed by atoms with Gasteiger partial charge in [0, 0.05) is 12.7 Å². The number of nitrogens with zero attached hydrogens (tertiary/aromatic N) is 1. The number of anilines is 1. The lowest BCUT2D eigenvalue weighted by atomic mass is 10.0. The molecule has 4 heteroatoms. The van der Waals surface area contributed by atoms with Crippen LogP contribution in [0.1, 0.15) is 20.3 Å². The van der Waals surface area contributed by atoms with Crippen molar-refractivity contribution in [3.05, 3.63) is 24.3 Å². The summed E-state index contributed by atoms with van der Waals surface area (Å²) in [4.78, 5) is 13.4. The standard InChI is InChI=1S/C13H19NO3/c1-13(2,16)9-12(15)14(3)10-5-7-11(17-4)8-6-10/h5-8,16H,9H2,1-4H3. The molecule has 1 amide bonds. The van der Waals surface area contributed by atoms with E-state index in [4.69, 9.17) is 4.74 Å². The van der Waals surface area contributed by atoms with Crippen LogP contribution in [0.15, 0.2) is 24.3 Å². The van der Waals surface area contributed by atoms with E-state index in [9.17, 15) is 9.90 Å². The lowest BCUT2D eigenvalue weighted by Gasteiger charge is -2.22. The van der Waals surface area contributed by atoms with Gasteiger partial charge in [-0.1, -0.05) is 0 Å². The molecule has 0 atom stereocenters. The summed E-state index contributed by atoms with van der Waals surface area (Å²) in [7, 11) is 3.29.